The number of ether oxygens (including phenoxy) is 2. The van der Waals surface area contributed by atoms with E-state index in [9.17, 15) is 9.18 Å². The highest BCUT2D eigenvalue weighted by atomic mass is 19.1. The summed E-state index contributed by atoms with van der Waals surface area (Å²) >= 11 is 0. The Hall–Kier alpha value is -2.57. The third-order valence-electron chi connectivity index (χ3n) is 3.53. The third kappa shape index (κ3) is 2.99. The zero-order valence-electron chi connectivity index (χ0n) is 12.8. The normalized spacial score (nSPS) is 14.4. The Morgan fingerprint density at radius 3 is 2.43 bits per heavy atom. The van der Waals surface area contributed by atoms with Gasteiger partial charge in [-0.3, -0.25) is 0 Å². The topological polar surface area (TPSA) is 81.8 Å². The lowest BCUT2D eigenvalue weighted by Crippen LogP contribution is -2.11. The summed E-state index contributed by atoms with van der Waals surface area (Å²) in [6.07, 6.45) is 0.728. The Bertz CT molecular complexity index is 747. The lowest BCUT2D eigenvalue weighted by molar-refractivity contribution is 0.0652. The van der Waals surface area contributed by atoms with Gasteiger partial charge >= 0.3 is 5.97 Å². The minimum atomic E-state index is -1.68. The molecule has 0 spiro atoms. The van der Waals surface area contributed by atoms with Crippen molar-refractivity contribution in [1.29, 1.82) is 0 Å². The lowest BCUT2D eigenvalue weighted by Gasteiger charge is -2.20. The number of hydrogen-bond donors (Lipinski definition) is 1. The van der Waals surface area contributed by atoms with Crippen LogP contribution in [0.3, 0.4) is 0 Å². The molecule has 0 amide bonds. The predicted octanol–water partition coefficient (Wildman–Crippen LogP) is 3.41. The first-order valence-electron chi connectivity index (χ1n) is 7.19. The molecular weight excluding hydrogens is 305 g/mol. The highest BCUT2D eigenvalue weighted by Gasteiger charge is 2.28. The molecule has 0 fully saturated rings. The minimum Gasteiger partial charge on any atom is -0.490 e. The van der Waals surface area contributed by atoms with Gasteiger partial charge in [-0.05, 0) is 26.0 Å². The molecule has 2 heterocycles. The Kier molecular flexibility index (Phi) is 3.71. The van der Waals surface area contributed by atoms with Crippen LogP contribution in [0.2, 0.25) is 0 Å². The van der Waals surface area contributed by atoms with Gasteiger partial charge in [-0.1, -0.05) is 5.16 Å². The van der Waals surface area contributed by atoms with Crippen molar-refractivity contribution in [2.75, 3.05) is 13.2 Å². The number of hydrogen-bond acceptors (Lipinski definition) is 5. The molecule has 2 aromatic rings. The van der Waals surface area contributed by atoms with Gasteiger partial charge in [0, 0.05) is 23.6 Å². The van der Waals surface area contributed by atoms with Crippen LogP contribution in [0.4, 0.5) is 4.39 Å². The van der Waals surface area contributed by atoms with E-state index in [-0.39, 0.29) is 11.5 Å². The first kappa shape index (κ1) is 15.3. The Morgan fingerprint density at radius 2 is 1.87 bits per heavy atom. The molecule has 0 saturated carbocycles. The summed E-state index contributed by atoms with van der Waals surface area (Å²) in [7, 11) is 0. The molecule has 0 aliphatic carbocycles. The molecule has 1 aromatic heterocycles. The summed E-state index contributed by atoms with van der Waals surface area (Å²) in [6, 6.07) is 4.45. The largest absolute Gasteiger partial charge is 0.490 e. The molecule has 0 unspecified atom stereocenters. The van der Waals surface area contributed by atoms with Crippen LogP contribution in [0, 0.1) is 0 Å². The van der Waals surface area contributed by atoms with Crippen LogP contribution >= 0.6 is 0 Å². The summed E-state index contributed by atoms with van der Waals surface area (Å²) < 4.78 is 30.6. The number of carbonyl (C=O) groups is 1. The van der Waals surface area contributed by atoms with Crippen molar-refractivity contribution in [3.63, 3.8) is 0 Å². The molecular formula is C16H16FNO5. The van der Waals surface area contributed by atoms with Gasteiger partial charge in [0.15, 0.2) is 11.5 Å². The molecule has 1 aromatic carbocycles. The summed E-state index contributed by atoms with van der Waals surface area (Å²) in [5.41, 5.74) is -0.703. The number of alkyl halides is 1. The quantitative estimate of drug-likeness (QED) is 0.933. The molecule has 3 rings (SSSR count). The Labute approximate surface area is 131 Å². The zero-order chi connectivity index (χ0) is 16.6. The lowest BCUT2D eigenvalue weighted by atomic mass is 9.92. The SMILES string of the molecule is CC(C)(F)c1cc2c(cc1-c1cc(C(=O)O)on1)OCCCO2. The average molecular weight is 321 g/mol. The Morgan fingerprint density at radius 1 is 1.22 bits per heavy atom. The monoisotopic (exact) mass is 321 g/mol. The smallest absolute Gasteiger partial charge is 0.374 e. The average Bonchev–Trinajstić information content (AvgIpc) is 2.85. The van der Waals surface area contributed by atoms with E-state index < -0.39 is 11.6 Å². The number of aromatic nitrogens is 1. The fraction of sp³-hybridized carbons (Fsp3) is 0.375. The predicted molar refractivity (Wildman–Crippen MR) is 78.6 cm³/mol. The van der Waals surface area contributed by atoms with Crippen LogP contribution in [-0.4, -0.2) is 29.4 Å². The number of carboxylic acid groups (broad SMARTS) is 1. The number of benzene rings is 1. The number of nitrogens with zero attached hydrogens (tertiary/aromatic N) is 1. The molecule has 0 bridgehead atoms. The van der Waals surface area contributed by atoms with Crippen molar-refractivity contribution < 1.29 is 28.3 Å². The van der Waals surface area contributed by atoms with Gasteiger partial charge in [0.25, 0.3) is 0 Å². The molecule has 0 saturated heterocycles. The highest BCUT2D eigenvalue weighted by Crippen LogP contribution is 2.42. The van der Waals surface area contributed by atoms with E-state index in [0.29, 0.717) is 35.8 Å². The molecule has 1 aliphatic heterocycles. The third-order valence-corrected chi connectivity index (χ3v) is 3.53. The van der Waals surface area contributed by atoms with E-state index in [1.807, 2.05) is 0 Å². The van der Waals surface area contributed by atoms with Crippen LogP contribution in [0.5, 0.6) is 11.5 Å². The summed E-state index contributed by atoms with van der Waals surface area (Å²) in [5.74, 6) is -0.604. The van der Waals surface area contributed by atoms with Crippen molar-refractivity contribution >= 4 is 5.97 Å². The van der Waals surface area contributed by atoms with E-state index in [0.717, 1.165) is 6.42 Å². The first-order chi connectivity index (χ1) is 10.9. The van der Waals surface area contributed by atoms with E-state index >= 15 is 0 Å². The van der Waals surface area contributed by atoms with E-state index in [2.05, 4.69) is 5.16 Å². The second kappa shape index (κ2) is 5.57. The Balaban J connectivity index is 2.16. The van der Waals surface area contributed by atoms with Gasteiger partial charge in [-0.15, -0.1) is 0 Å². The van der Waals surface area contributed by atoms with E-state index in [1.54, 1.807) is 12.1 Å². The molecule has 0 atom stereocenters. The summed E-state index contributed by atoms with van der Waals surface area (Å²) in [4.78, 5) is 11.0. The van der Waals surface area contributed by atoms with Gasteiger partial charge in [0.2, 0.25) is 5.76 Å². The van der Waals surface area contributed by atoms with Gasteiger partial charge in [0.1, 0.15) is 11.4 Å². The number of fused-ring (bicyclic) bond motifs is 1. The maximum atomic E-state index is 14.6. The standard InChI is InChI=1S/C16H16FNO5/c1-16(2,17)10-7-13-12(21-4-3-5-22-13)6-9(10)11-8-14(15(19)20)23-18-11/h6-8H,3-5H2,1-2H3,(H,19,20). The van der Waals surface area contributed by atoms with E-state index in [1.165, 1.54) is 19.9 Å². The first-order valence-corrected chi connectivity index (χ1v) is 7.19. The molecule has 0 radical (unpaired) electrons. The molecule has 7 heteroatoms. The molecule has 122 valence electrons. The highest BCUT2D eigenvalue weighted by molar-refractivity contribution is 5.86. The van der Waals surface area contributed by atoms with Crippen molar-refractivity contribution in [1.82, 2.24) is 5.16 Å². The van der Waals surface area contributed by atoms with Crippen molar-refractivity contribution in [3.8, 4) is 22.8 Å². The van der Waals surface area contributed by atoms with Crippen molar-refractivity contribution in [2.45, 2.75) is 25.9 Å². The number of rotatable bonds is 3. The van der Waals surface area contributed by atoms with Crippen molar-refractivity contribution in [3.05, 3.63) is 29.5 Å². The van der Waals surface area contributed by atoms with Gasteiger partial charge in [0.05, 0.1) is 13.2 Å². The summed E-state index contributed by atoms with van der Waals surface area (Å²) in [5, 5.41) is 12.7. The van der Waals surface area contributed by atoms with Crippen molar-refractivity contribution in [2.24, 2.45) is 0 Å². The van der Waals surface area contributed by atoms with Crippen LogP contribution in [0.15, 0.2) is 22.7 Å². The van der Waals surface area contributed by atoms with Crippen LogP contribution in [-0.2, 0) is 5.67 Å². The molecule has 1 N–H and O–H groups in total. The minimum absolute atomic E-state index is 0.235. The van der Waals surface area contributed by atoms with Gasteiger partial charge < -0.3 is 19.1 Å². The summed E-state index contributed by atoms with van der Waals surface area (Å²) in [6.45, 7) is 3.80. The van der Waals surface area contributed by atoms with Crippen LogP contribution in [0.1, 0.15) is 36.4 Å². The zero-order valence-corrected chi connectivity index (χ0v) is 12.8. The number of halogens is 1. The van der Waals surface area contributed by atoms with Gasteiger partial charge in [-0.25, -0.2) is 9.18 Å². The molecule has 6 nitrogen and oxygen atoms in total. The number of carboxylic acids is 1. The maximum absolute atomic E-state index is 14.6. The fourth-order valence-corrected chi connectivity index (χ4v) is 2.42. The van der Waals surface area contributed by atoms with Crippen LogP contribution < -0.4 is 9.47 Å². The second-order valence-corrected chi connectivity index (χ2v) is 5.75. The maximum Gasteiger partial charge on any atom is 0.374 e. The van der Waals surface area contributed by atoms with E-state index in [4.69, 9.17) is 19.1 Å². The fourth-order valence-electron chi connectivity index (χ4n) is 2.42. The molecule has 1 aliphatic rings. The van der Waals surface area contributed by atoms with Crippen LogP contribution in [0.25, 0.3) is 11.3 Å². The van der Waals surface area contributed by atoms with Gasteiger partial charge in [-0.2, -0.15) is 0 Å². The molecule has 23 heavy (non-hydrogen) atoms. The second-order valence-electron chi connectivity index (χ2n) is 5.75. The number of aromatic carboxylic acids is 1.